The molecule has 4 atom stereocenters. The van der Waals surface area contributed by atoms with Gasteiger partial charge in [-0.2, -0.15) is 0 Å². The number of allylic oxidation sites excluding steroid dienone is 2. The van der Waals surface area contributed by atoms with Gasteiger partial charge < -0.3 is 10.1 Å². The molecule has 2 aliphatic carbocycles. The molecule has 2 aromatic rings. The van der Waals surface area contributed by atoms with Crippen LogP contribution in [-0.4, -0.2) is 30.3 Å². The summed E-state index contributed by atoms with van der Waals surface area (Å²) >= 11 is 6.04. The minimum absolute atomic E-state index is 0.137. The number of nitrogens with one attached hydrogen (secondary N) is 1. The largest absolute Gasteiger partial charge is 0.452 e. The number of aryl methyl sites for hydroxylation is 1. The fourth-order valence-corrected chi connectivity index (χ4v) is 5.17. The summed E-state index contributed by atoms with van der Waals surface area (Å²) in [6, 6.07) is 11.2. The third-order valence-corrected chi connectivity index (χ3v) is 7.03. The second kappa shape index (κ2) is 8.15. The summed E-state index contributed by atoms with van der Waals surface area (Å²) in [7, 11) is 0. The van der Waals surface area contributed by atoms with Gasteiger partial charge in [0.1, 0.15) is 0 Å². The van der Waals surface area contributed by atoms with Crippen molar-refractivity contribution >= 4 is 46.7 Å². The second-order valence-corrected chi connectivity index (χ2v) is 9.05. The number of amides is 3. The van der Waals surface area contributed by atoms with E-state index < -0.39 is 18.5 Å². The first-order valence-corrected chi connectivity index (χ1v) is 11.1. The number of halogens is 1. The molecule has 0 spiro atoms. The maximum absolute atomic E-state index is 12.9. The van der Waals surface area contributed by atoms with Crippen molar-refractivity contribution in [2.45, 2.75) is 13.3 Å². The average Bonchev–Trinajstić information content (AvgIpc) is 3.48. The van der Waals surface area contributed by atoms with Crippen LogP contribution >= 0.6 is 11.6 Å². The van der Waals surface area contributed by atoms with Crippen molar-refractivity contribution in [1.82, 2.24) is 0 Å². The molecular weight excluding hydrogens is 444 g/mol. The van der Waals surface area contributed by atoms with E-state index in [1.165, 1.54) is 17.0 Å². The number of imide groups is 1. The van der Waals surface area contributed by atoms with Crippen molar-refractivity contribution < 1.29 is 23.9 Å². The fraction of sp³-hybridized carbons (Fsp3) is 0.280. The van der Waals surface area contributed by atoms with Gasteiger partial charge >= 0.3 is 5.97 Å². The van der Waals surface area contributed by atoms with E-state index >= 15 is 0 Å². The molecule has 0 aromatic heterocycles. The molecular formula is C25H21ClN2O5. The summed E-state index contributed by atoms with van der Waals surface area (Å²) in [6.07, 6.45) is 4.96. The number of carbonyl (C=O) groups excluding carboxylic acids is 4. The van der Waals surface area contributed by atoms with Crippen LogP contribution in [0.25, 0.3) is 0 Å². The molecule has 1 saturated carbocycles. The average molecular weight is 465 g/mol. The monoisotopic (exact) mass is 464 g/mol. The van der Waals surface area contributed by atoms with Crippen LogP contribution in [0.4, 0.5) is 11.4 Å². The quantitative estimate of drug-likeness (QED) is 0.413. The third-order valence-electron chi connectivity index (χ3n) is 6.62. The Bertz CT molecular complexity index is 1180. The Balaban J connectivity index is 1.20. The van der Waals surface area contributed by atoms with Crippen molar-refractivity contribution in [2.24, 2.45) is 23.7 Å². The Morgan fingerprint density at radius 2 is 1.67 bits per heavy atom. The lowest BCUT2D eigenvalue weighted by atomic mass is 9.85. The van der Waals surface area contributed by atoms with E-state index in [-0.39, 0.29) is 41.0 Å². The molecule has 7 nitrogen and oxygen atoms in total. The molecule has 1 heterocycles. The summed E-state index contributed by atoms with van der Waals surface area (Å²) in [6.45, 7) is 1.39. The molecule has 1 saturated heterocycles. The Hall–Kier alpha value is -3.45. The summed E-state index contributed by atoms with van der Waals surface area (Å²) in [5.74, 6) is -1.82. The fourth-order valence-electron chi connectivity index (χ4n) is 4.99. The van der Waals surface area contributed by atoms with Crippen LogP contribution in [0, 0.1) is 30.6 Å². The first kappa shape index (κ1) is 21.4. The van der Waals surface area contributed by atoms with Gasteiger partial charge in [0.25, 0.3) is 5.91 Å². The first-order chi connectivity index (χ1) is 15.8. The lowest BCUT2D eigenvalue weighted by Gasteiger charge is -2.17. The highest BCUT2D eigenvalue weighted by molar-refractivity contribution is 6.31. The summed E-state index contributed by atoms with van der Waals surface area (Å²) < 4.78 is 5.08. The lowest BCUT2D eigenvalue weighted by Crippen LogP contribution is -2.32. The number of rotatable bonds is 5. The van der Waals surface area contributed by atoms with Crippen molar-refractivity contribution in [2.75, 3.05) is 16.8 Å². The number of nitrogens with zero attached hydrogens (tertiary/aromatic N) is 1. The zero-order valence-electron chi connectivity index (χ0n) is 17.8. The molecule has 168 valence electrons. The van der Waals surface area contributed by atoms with E-state index in [9.17, 15) is 19.2 Å². The molecule has 8 heteroatoms. The predicted octanol–water partition coefficient (Wildman–Crippen LogP) is 3.76. The van der Waals surface area contributed by atoms with Crippen molar-refractivity contribution in [3.8, 4) is 0 Å². The smallest absolute Gasteiger partial charge is 0.338 e. The van der Waals surface area contributed by atoms with Crippen molar-refractivity contribution in [3.63, 3.8) is 0 Å². The molecule has 1 aliphatic heterocycles. The summed E-state index contributed by atoms with van der Waals surface area (Å²) in [5.41, 5.74) is 2.04. The maximum atomic E-state index is 12.9. The highest BCUT2D eigenvalue weighted by atomic mass is 35.5. The van der Waals surface area contributed by atoms with Gasteiger partial charge in [0.15, 0.2) is 6.61 Å². The van der Waals surface area contributed by atoms with Crippen molar-refractivity contribution in [3.05, 3.63) is 70.8 Å². The maximum Gasteiger partial charge on any atom is 0.338 e. The predicted molar refractivity (Wildman–Crippen MR) is 122 cm³/mol. The van der Waals surface area contributed by atoms with E-state index in [2.05, 4.69) is 5.32 Å². The zero-order valence-corrected chi connectivity index (χ0v) is 18.5. The number of hydrogen-bond donors (Lipinski definition) is 1. The lowest BCUT2D eigenvalue weighted by molar-refractivity contribution is -0.123. The number of carbonyl (C=O) groups is 4. The first-order valence-electron chi connectivity index (χ1n) is 10.7. The normalized spacial score (nSPS) is 24.8. The Labute approximate surface area is 195 Å². The van der Waals surface area contributed by atoms with Crippen LogP contribution in [-0.2, 0) is 19.1 Å². The van der Waals surface area contributed by atoms with Gasteiger partial charge in [-0.1, -0.05) is 29.8 Å². The Morgan fingerprint density at radius 1 is 1.03 bits per heavy atom. The minimum atomic E-state index is -0.683. The number of hydrogen-bond acceptors (Lipinski definition) is 5. The molecule has 0 radical (unpaired) electrons. The molecule has 1 N–H and O–H groups in total. The van der Waals surface area contributed by atoms with Gasteiger partial charge in [0.05, 0.1) is 23.1 Å². The standard InChI is InChI=1S/C25H21ClN2O5/c1-13-2-7-17(11-19(13)26)27-20(29)12-33-25(32)14-5-8-18(9-6-14)28-23(30)21-15-3-4-16(10-15)22(21)24(28)31/h2-9,11,15-16,21-22H,10,12H2,1H3,(H,27,29)/t15-,16-,21-,22+/m0/s1. The van der Waals surface area contributed by atoms with Gasteiger partial charge in [0.2, 0.25) is 11.8 Å². The molecule has 3 amide bonds. The highest BCUT2D eigenvalue weighted by Gasteiger charge is 2.59. The number of anilines is 2. The van der Waals surface area contributed by atoms with Crippen LogP contribution in [0.3, 0.4) is 0 Å². The highest BCUT2D eigenvalue weighted by Crippen LogP contribution is 2.53. The Morgan fingerprint density at radius 3 is 2.27 bits per heavy atom. The Kier molecular flexibility index (Phi) is 5.29. The summed E-state index contributed by atoms with van der Waals surface area (Å²) in [4.78, 5) is 51.5. The van der Waals surface area contributed by atoms with Gasteiger partial charge in [0, 0.05) is 10.7 Å². The SMILES string of the molecule is Cc1ccc(NC(=O)COC(=O)c2ccc(N3C(=O)[C@@H]4[C@H](C3=O)[C@H]3C=C[C@H]4C3)cc2)cc1Cl. The number of benzene rings is 2. The van der Waals surface area contributed by atoms with E-state index in [1.807, 2.05) is 19.1 Å². The topological polar surface area (TPSA) is 92.8 Å². The van der Waals surface area contributed by atoms with Gasteiger partial charge in [-0.05, 0) is 67.1 Å². The van der Waals surface area contributed by atoms with E-state index in [0.29, 0.717) is 16.4 Å². The molecule has 2 bridgehead atoms. The van der Waals surface area contributed by atoms with E-state index in [1.54, 1.807) is 30.3 Å². The van der Waals surface area contributed by atoms with Crippen LogP contribution in [0.2, 0.25) is 5.02 Å². The van der Waals surface area contributed by atoms with Crippen LogP contribution < -0.4 is 10.2 Å². The number of esters is 1. The molecule has 0 unspecified atom stereocenters. The zero-order chi connectivity index (χ0) is 23.3. The molecule has 2 fully saturated rings. The van der Waals surface area contributed by atoms with Crippen molar-refractivity contribution in [1.29, 1.82) is 0 Å². The van der Waals surface area contributed by atoms with Crippen LogP contribution in [0.5, 0.6) is 0 Å². The van der Waals surface area contributed by atoms with E-state index in [4.69, 9.17) is 16.3 Å². The number of ether oxygens (including phenoxy) is 1. The van der Waals surface area contributed by atoms with E-state index in [0.717, 1.165) is 12.0 Å². The minimum Gasteiger partial charge on any atom is -0.452 e. The van der Waals surface area contributed by atoms with Gasteiger partial charge in [-0.25, -0.2) is 4.79 Å². The van der Waals surface area contributed by atoms with Gasteiger partial charge in [-0.3, -0.25) is 19.3 Å². The molecule has 5 rings (SSSR count). The summed E-state index contributed by atoms with van der Waals surface area (Å²) in [5, 5.41) is 3.14. The van der Waals surface area contributed by atoms with Crippen LogP contribution in [0.15, 0.2) is 54.6 Å². The molecule has 33 heavy (non-hydrogen) atoms. The van der Waals surface area contributed by atoms with Gasteiger partial charge in [-0.15, -0.1) is 0 Å². The molecule has 3 aliphatic rings. The second-order valence-electron chi connectivity index (χ2n) is 8.65. The molecule has 2 aromatic carbocycles. The number of fused-ring (bicyclic) bond motifs is 5. The third kappa shape index (κ3) is 3.72. The van der Waals surface area contributed by atoms with Crippen LogP contribution in [0.1, 0.15) is 22.3 Å².